The number of carbonyl (C=O) groups excluding carboxylic acids is 1. The van der Waals surface area contributed by atoms with Crippen molar-refractivity contribution in [3.8, 4) is 0 Å². The van der Waals surface area contributed by atoms with E-state index in [0.29, 0.717) is 5.25 Å². The van der Waals surface area contributed by atoms with E-state index in [1.54, 1.807) is 0 Å². The van der Waals surface area contributed by atoms with Crippen molar-refractivity contribution in [2.24, 2.45) is 0 Å². The van der Waals surface area contributed by atoms with E-state index in [0.717, 1.165) is 25.9 Å². The van der Waals surface area contributed by atoms with Gasteiger partial charge in [-0.15, -0.1) is 5.10 Å². The Morgan fingerprint density at radius 3 is 2.82 bits per heavy atom. The van der Waals surface area contributed by atoms with Gasteiger partial charge in [-0.1, -0.05) is 0 Å². The van der Waals surface area contributed by atoms with Crippen LogP contribution in [0, 0.1) is 0 Å². The first kappa shape index (κ1) is 12.2. The topological polar surface area (TPSA) is 77.0 Å². The summed E-state index contributed by atoms with van der Waals surface area (Å²) in [5, 5.41) is 4.60. The van der Waals surface area contributed by atoms with Crippen molar-refractivity contribution in [2.75, 3.05) is 25.1 Å². The van der Waals surface area contributed by atoms with Gasteiger partial charge in [-0.2, -0.15) is 11.8 Å². The molecule has 1 fully saturated rings. The number of piperidine rings is 1. The number of carbonyl (C=O) groups is 1. The predicted molar refractivity (Wildman–Crippen MR) is 67.6 cm³/mol. The minimum atomic E-state index is 0.0921. The number of nitrogens with zero attached hydrogens (tertiary/aromatic N) is 4. The summed E-state index contributed by atoms with van der Waals surface area (Å²) in [7, 11) is 0. The first-order valence-corrected chi connectivity index (χ1v) is 6.93. The molecule has 1 saturated heterocycles. The number of anilines is 1. The number of amides is 1. The fraction of sp³-hybridized carbons (Fsp3) is 0.700. The fourth-order valence-corrected chi connectivity index (χ4v) is 2.65. The number of nitrogen functional groups attached to an aromatic ring is 1. The molecular formula is C10H17N5OS. The molecule has 2 N–H and O–H groups in total. The van der Waals surface area contributed by atoms with Gasteiger partial charge in [-0.25, -0.2) is 9.67 Å². The van der Waals surface area contributed by atoms with E-state index in [9.17, 15) is 4.79 Å². The largest absolute Gasteiger partial charge is 0.367 e. The second kappa shape index (κ2) is 5.39. The maximum atomic E-state index is 12.0. The molecule has 0 radical (unpaired) electrons. The molecule has 0 atom stereocenters. The molecule has 2 heterocycles. The highest BCUT2D eigenvalue weighted by Crippen LogP contribution is 2.20. The summed E-state index contributed by atoms with van der Waals surface area (Å²) in [6.07, 6.45) is 5.76. The van der Waals surface area contributed by atoms with Gasteiger partial charge in [0.1, 0.15) is 12.9 Å². The van der Waals surface area contributed by atoms with E-state index in [1.165, 1.54) is 11.0 Å². The Bertz CT molecular complexity index is 386. The molecule has 7 heteroatoms. The summed E-state index contributed by atoms with van der Waals surface area (Å²) in [6.45, 7) is 1.91. The number of hydrogen-bond acceptors (Lipinski definition) is 5. The van der Waals surface area contributed by atoms with Crippen LogP contribution in [-0.4, -0.2) is 50.2 Å². The maximum Gasteiger partial charge on any atom is 0.244 e. The molecule has 1 aromatic rings. The van der Waals surface area contributed by atoms with Crippen LogP contribution in [0.15, 0.2) is 6.33 Å². The second-order valence-corrected chi connectivity index (χ2v) is 5.25. The summed E-state index contributed by atoms with van der Waals surface area (Å²) in [4.78, 5) is 17.7. The van der Waals surface area contributed by atoms with Crippen LogP contribution in [-0.2, 0) is 11.3 Å². The van der Waals surface area contributed by atoms with Crippen molar-refractivity contribution in [1.82, 2.24) is 19.7 Å². The lowest BCUT2D eigenvalue weighted by Crippen LogP contribution is -2.41. The van der Waals surface area contributed by atoms with E-state index in [1.807, 2.05) is 16.7 Å². The zero-order chi connectivity index (χ0) is 12.3. The minimum absolute atomic E-state index is 0.0921. The Morgan fingerprint density at radius 2 is 2.29 bits per heavy atom. The van der Waals surface area contributed by atoms with Gasteiger partial charge in [0.25, 0.3) is 0 Å². The van der Waals surface area contributed by atoms with Gasteiger partial charge in [0.15, 0.2) is 0 Å². The van der Waals surface area contributed by atoms with Crippen molar-refractivity contribution in [3.63, 3.8) is 0 Å². The van der Waals surface area contributed by atoms with E-state index in [4.69, 9.17) is 5.73 Å². The SMILES string of the molecule is CSC1CCN(C(=O)Cn2cnc(N)n2)CC1. The first-order valence-electron chi connectivity index (χ1n) is 5.64. The monoisotopic (exact) mass is 255 g/mol. The number of aromatic nitrogens is 3. The van der Waals surface area contributed by atoms with Crippen molar-refractivity contribution in [1.29, 1.82) is 0 Å². The number of rotatable bonds is 3. The van der Waals surface area contributed by atoms with Gasteiger partial charge < -0.3 is 10.6 Å². The van der Waals surface area contributed by atoms with Crippen LogP contribution in [0.25, 0.3) is 0 Å². The molecule has 1 aromatic heterocycles. The normalized spacial score (nSPS) is 17.4. The molecule has 0 saturated carbocycles. The summed E-state index contributed by atoms with van der Waals surface area (Å²) in [5.41, 5.74) is 5.40. The van der Waals surface area contributed by atoms with Gasteiger partial charge in [-0.05, 0) is 19.1 Å². The molecule has 0 aromatic carbocycles. The summed E-state index contributed by atoms with van der Waals surface area (Å²) >= 11 is 1.88. The third-order valence-electron chi connectivity index (χ3n) is 2.98. The first-order chi connectivity index (χ1) is 8.19. The number of hydrogen-bond donors (Lipinski definition) is 1. The fourth-order valence-electron chi connectivity index (χ4n) is 1.96. The number of nitrogens with two attached hydrogens (primary N) is 1. The van der Waals surface area contributed by atoms with Crippen LogP contribution >= 0.6 is 11.8 Å². The lowest BCUT2D eigenvalue weighted by atomic mass is 10.1. The van der Waals surface area contributed by atoms with E-state index >= 15 is 0 Å². The Kier molecular flexibility index (Phi) is 3.88. The van der Waals surface area contributed by atoms with Crippen molar-refractivity contribution < 1.29 is 4.79 Å². The standard InChI is InChI=1S/C10H17N5OS/c1-17-8-2-4-14(5-3-8)9(16)6-15-7-12-10(11)13-15/h7-8H,2-6H2,1H3,(H2,11,13). The van der Waals surface area contributed by atoms with Crippen LogP contribution in [0.1, 0.15) is 12.8 Å². The van der Waals surface area contributed by atoms with Gasteiger partial charge >= 0.3 is 0 Å². The molecule has 1 aliphatic heterocycles. The smallest absolute Gasteiger partial charge is 0.244 e. The third-order valence-corrected chi connectivity index (χ3v) is 4.12. The molecule has 1 aliphatic rings. The van der Waals surface area contributed by atoms with Crippen LogP contribution < -0.4 is 5.73 Å². The highest BCUT2D eigenvalue weighted by atomic mass is 32.2. The van der Waals surface area contributed by atoms with Gasteiger partial charge in [0.2, 0.25) is 11.9 Å². The van der Waals surface area contributed by atoms with Crippen LogP contribution in [0.4, 0.5) is 5.95 Å². The van der Waals surface area contributed by atoms with Gasteiger partial charge in [0.05, 0.1) is 0 Å². The Hall–Kier alpha value is -1.24. The van der Waals surface area contributed by atoms with Crippen molar-refractivity contribution in [2.45, 2.75) is 24.6 Å². The zero-order valence-electron chi connectivity index (χ0n) is 9.87. The van der Waals surface area contributed by atoms with Crippen molar-refractivity contribution in [3.05, 3.63) is 6.33 Å². The molecule has 0 spiro atoms. The maximum absolute atomic E-state index is 12.0. The molecule has 94 valence electrons. The Labute approximate surface area is 105 Å². The van der Waals surface area contributed by atoms with Crippen LogP contribution in [0.5, 0.6) is 0 Å². The summed E-state index contributed by atoms with van der Waals surface area (Å²) in [5.74, 6) is 0.299. The minimum Gasteiger partial charge on any atom is -0.367 e. The number of likely N-dealkylation sites (tertiary alicyclic amines) is 1. The van der Waals surface area contributed by atoms with E-state index < -0.39 is 0 Å². The zero-order valence-corrected chi connectivity index (χ0v) is 10.7. The molecule has 0 unspecified atom stereocenters. The molecular weight excluding hydrogens is 238 g/mol. The quantitative estimate of drug-likeness (QED) is 0.835. The molecule has 6 nitrogen and oxygen atoms in total. The van der Waals surface area contributed by atoms with Crippen molar-refractivity contribution >= 4 is 23.6 Å². The lowest BCUT2D eigenvalue weighted by molar-refractivity contribution is -0.132. The van der Waals surface area contributed by atoms with Gasteiger partial charge in [0, 0.05) is 18.3 Å². The highest BCUT2D eigenvalue weighted by molar-refractivity contribution is 7.99. The lowest BCUT2D eigenvalue weighted by Gasteiger charge is -2.31. The molecule has 17 heavy (non-hydrogen) atoms. The molecule has 2 rings (SSSR count). The average Bonchev–Trinajstić information content (AvgIpc) is 2.75. The predicted octanol–water partition coefficient (Wildman–Crippen LogP) is 0.214. The summed E-state index contributed by atoms with van der Waals surface area (Å²) in [6, 6.07) is 0. The van der Waals surface area contributed by atoms with Gasteiger partial charge in [-0.3, -0.25) is 4.79 Å². The second-order valence-electron chi connectivity index (χ2n) is 4.12. The molecule has 0 aliphatic carbocycles. The Morgan fingerprint density at radius 1 is 1.59 bits per heavy atom. The summed E-state index contributed by atoms with van der Waals surface area (Å²) < 4.78 is 1.48. The van der Waals surface area contributed by atoms with Crippen LogP contribution in [0.2, 0.25) is 0 Å². The van der Waals surface area contributed by atoms with Crippen LogP contribution in [0.3, 0.4) is 0 Å². The third kappa shape index (κ3) is 3.12. The molecule has 1 amide bonds. The highest BCUT2D eigenvalue weighted by Gasteiger charge is 2.22. The van der Waals surface area contributed by atoms with E-state index in [2.05, 4.69) is 16.3 Å². The molecule has 0 bridgehead atoms. The van der Waals surface area contributed by atoms with E-state index in [-0.39, 0.29) is 18.4 Å². The average molecular weight is 255 g/mol. The number of thioether (sulfide) groups is 1. The Balaban J connectivity index is 1.85.